The molecule has 0 saturated carbocycles. The lowest BCUT2D eigenvalue weighted by Gasteiger charge is -2.09. The Morgan fingerprint density at radius 3 is 2.71 bits per heavy atom. The van der Waals surface area contributed by atoms with Crippen LogP contribution in [0.4, 0.5) is 5.82 Å². The van der Waals surface area contributed by atoms with Crippen LogP contribution in [-0.4, -0.2) is 20.4 Å². The molecule has 3 heterocycles. The average molecular weight is 388 g/mol. The van der Waals surface area contributed by atoms with Gasteiger partial charge >= 0.3 is 0 Å². The molecule has 0 aliphatic heterocycles. The number of aromatic nitrogens is 3. The van der Waals surface area contributed by atoms with Crippen LogP contribution in [0.25, 0.3) is 22.0 Å². The molecule has 140 valence electrons. The van der Waals surface area contributed by atoms with Gasteiger partial charge in [-0.15, -0.1) is 11.3 Å². The zero-order chi connectivity index (χ0) is 19.5. The molecule has 1 N–H and O–H groups in total. The molecule has 1 aromatic carbocycles. The minimum Gasteiger partial charge on any atom is -0.336 e. The molecule has 0 aliphatic rings. The van der Waals surface area contributed by atoms with E-state index in [4.69, 9.17) is 4.98 Å². The Morgan fingerprint density at radius 1 is 1.11 bits per heavy atom. The highest BCUT2D eigenvalue weighted by molar-refractivity contribution is 7.13. The van der Waals surface area contributed by atoms with Crippen LogP contribution < -0.4 is 5.32 Å². The van der Waals surface area contributed by atoms with E-state index in [1.165, 1.54) is 5.56 Å². The molecule has 0 fully saturated rings. The van der Waals surface area contributed by atoms with Gasteiger partial charge in [0.05, 0.1) is 11.4 Å². The van der Waals surface area contributed by atoms with Crippen molar-refractivity contribution in [2.24, 2.45) is 0 Å². The highest BCUT2D eigenvalue weighted by Gasteiger charge is 2.13. The summed E-state index contributed by atoms with van der Waals surface area (Å²) in [5.74, 6) is 0.478. The van der Waals surface area contributed by atoms with E-state index in [1.807, 2.05) is 42.0 Å². The van der Waals surface area contributed by atoms with Gasteiger partial charge in [-0.3, -0.25) is 4.79 Å². The standard InChI is InChI=1S/C22H20N4OS/c1-15-7-9-17(10-8-15)18-14-28-22(24-18)19-6-4-12-26(19)13-20(27)25-21-16(2)5-3-11-23-21/h3-12,14H,13H2,1-2H3,(H,23,25,27). The molecule has 0 spiro atoms. The first-order valence-electron chi connectivity index (χ1n) is 9.00. The van der Waals surface area contributed by atoms with Gasteiger partial charge in [-0.1, -0.05) is 35.9 Å². The smallest absolute Gasteiger partial charge is 0.245 e. The maximum Gasteiger partial charge on any atom is 0.245 e. The number of pyridine rings is 1. The maximum atomic E-state index is 12.5. The SMILES string of the molecule is Cc1ccc(-c2csc(-c3cccn3CC(=O)Nc3ncccc3C)n2)cc1. The fraction of sp³-hybridized carbons (Fsp3) is 0.136. The van der Waals surface area contributed by atoms with Gasteiger partial charge in [0.2, 0.25) is 5.91 Å². The van der Waals surface area contributed by atoms with Crippen molar-refractivity contribution in [3.8, 4) is 22.0 Å². The third-order valence-corrected chi connectivity index (χ3v) is 5.35. The summed E-state index contributed by atoms with van der Waals surface area (Å²) in [6.07, 6.45) is 3.57. The number of carbonyl (C=O) groups is 1. The van der Waals surface area contributed by atoms with Crippen LogP contribution in [0.5, 0.6) is 0 Å². The van der Waals surface area contributed by atoms with E-state index < -0.39 is 0 Å². The minimum absolute atomic E-state index is 0.116. The quantitative estimate of drug-likeness (QED) is 0.527. The molecule has 1 amide bonds. The van der Waals surface area contributed by atoms with Gasteiger partial charge in [0.15, 0.2) is 0 Å². The first-order valence-corrected chi connectivity index (χ1v) is 9.87. The third-order valence-electron chi connectivity index (χ3n) is 4.48. The number of hydrogen-bond acceptors (Lipinski definition) is 4. The second-order valence-corrected chi connectivity index (χ2v) is 7.50. The summed E-state index contributed by atoms with van der Waals surface area (Å²) in [4.78, 5) is 21.5. The van der Waals surface area contributed by atoms with Gasteiger partial charge in [0, 0.05) is 23.3 Å². The van der Waals surface area contributed by atoms with Gasteiger partial charge in [0.1, 0.15) is 17.4 Å². The molecule has 0 radical (unpaired) electrons. The fourth-order valence-electron chi connectivity index (χ4n) is 2.94. The minimum atomic E-state index is -0.116. The van der Waals surface area contributed by atoms with Gasteiger partial charge in [-0.2, -0.15) is 0 Å². The van der Waals surface area contributed by atoms with Gasteiger partial charge in [-0.05, 0) is 37.6 Å². The third kappa shape index (κ3) is 3.87. The van der Waals surface area contributed by atoms with Crippen molar-refractivity contribution in [2.45, 2.75) is 20.4 Å². The van der Waals surface area contributed by atoms with E-state index in [2.05, 4.69) is 46.9 Å². The van der Waals surface area contributed by atoms with Crippen LogP contribution in [0.1, 0.15) is 11.1 Å². The van der Waals surface area contributed by atoms with Crippen molar-refractivity contribution in [1.82, 2.24) is 14.5 Å². The summed E-state index contributed by atoms with van der Waals surface area (Å²) in [7, 11) is 0. The molecule has 0 atom stereocenters. The summed E-state index contributed by atoms with van der Waals surface area (Å²) in [6, 6.07) is 16.0. The van der Waals surface area contributed by atoms with Crippen LogP contribution in [0, 0.1) is 13.8 Å². The van der Waals surface area contributed by atoms with Crippen molar-refractivity contribution in [3.63, 3.8) is 0 Å². The van der Waals surface area contributed by atoms with Gasteiger partial charge in [0.25, 0.3) is 0 Å². The van der Waals surface area contributed by atoms with E-state index >= 15 is 0 Å². The number of benzene rings is 1. The van der Waals surface area contributed by atoms with E-state index in [9.17, 15) is 4.79 Å². The summed E-state index contributed by atoms with van der Waals surface area (Å²) < 4.78 is 1.91. The first-order chi connectivity index (χ1) is 13.6. The lowest BCUT2D eigenvalue weighted by Crippen LogP contribution is -2.20. The molecule has 0 aliphatic carbocycles. The second-order valence-electron chi connectivity index (χ2n) is 6.64. The van der Waals surface area contributed by atoms with Crippen LogP contribution in [0.3, 0.4) is 0 Å². The van der Waals surface area contributed by atoms with Crippen molar-refractivity contribution in [3.05, 3.63) is 77.4 Å². The number of aryl methyl sites for hydroxylation is 2. The van der Waals surface area contributed by atoms with Gasteiger partial charge in [-0.25, -0.2) is 9.97 Å². The first kappa shape index (κ1) is 18.1. The van der Waals surface area contributed by atoms with Crippen LogP contribution in [-0.2, 0) is 11.3 Å². The van der Waals surface area contributed by atoms with E-state index in [1.54, 1.807) is 17.5 Å². The molecule has 0 saturated heterocycles. The number of carbonyl (C=O) groups excluding carboxylic acids is 1. The fourth-order valence-corrected chi connectivity index (χ4v) is 3.81. The molecular formula is C22H20N4OS. The average Bonchev–Trinajstić information content (AvgIpc) is 3.33. The largest absolute Gasteiger partial charge is 0.336 e. The maximum absolute atomic E-state index is 12.5. The monoisotopic (exact) mass is 388 g/mol. The molecular weight excluding hydrogens is 368 g/mol. The summed E-state index contributed by atoms with van der Waals surface area (Å²) in [5.41, 5.74) is 5.13. The summed E-state index contributed by atoms with van der Waals surface area (Å²) >= 11 is 1.58. The Labute approximate surface area is 167 Å². The van der Waals surface area contributed by atoms with Crippen molar-refractivity contribution in [1.29, 1.82) is 0 Å². The van der Waals surface area contributed by atoms with Crippen molar-refractivity contribution < 1.29 is 4.79 Å². The molecule has 5 nitrogen and oxygen atoms in total. The van der Waals surface area contributed by atoms with E-state index in [0.29, 0.717) is 5.82 Å². The summed E-state index contributed by atoms with van der Waals surface area (Å²) in [6.45, 7) is 4.20. The number of thiazole rings is 1. The Kier molecular flexibility index (Phi) is 5.04. The number of nitrogens with zero attached hydrogens (tertiary/aromatic N) is 3. The van der Waals surface area contributed by atoms with Crippen molar-refractivity contribution in [2.75, 3.05) is 5.32 Å². The molecule has 6 heteroatoms. The normalized spacial score (nSPS) is 10.8. The molecule has 28 heavy (non-hydrogen) atoms. The van der Waals surface area contributed by atoms with Crippen LogP contribution >= 0.6 is 11.3 Å². The Bertz CT molecular complexity index is 1110. The van der Waals surface area contributed by atoms with Crippen LogP contribution in [0.15, 0.2) is 66.3 Å². The lowest BCUT2D eigenvalue weighted by atomic mass is 10.1. The molecule has 4 aromatic rings. The predicted molar refractivity (Wildman–Crippen MR) is 113 cm³/mol. The van der Waals surface area contributed by atoms with Crippen molar-refractivity contribution >= 4 is 23.1 Å². The predicted octanol–water partition coefficient (Wildman–Crippen LogP) is 4.93. The van der Waals surface area contributed by atoms with Gasteiger partial charge < -0.3 is 9.88 Å². The lowest BCUT2D eigenvalue weighted by molar-refractivity contribution is -0.116. The number of anilines is 1. The molecule has 4 rings (SSSR count). The molecule has 0 unspecified atom stereocenters. The zero-order valence-corrected chi connectivity index (χ0v) is 16.5. The van der Waals surface area contributed by atoms with E-state index in [0.717, 1.165) is 27.5 Å². The molecule has 0 bridgehead atoms. The Morgan fingerprint density at radius 2 is 1.93 bits per heavy atom. The molecule has 3 aromatic heterocycles. The second kappa shape index (κ2) is 7.78. The number of hydrogen-bond donors (Lipinski definition) is 1. The Hall–Kier alpha value is -3.25. The topological polar surface area (TPSA) is 59.8 Å². The number of amides is 1. The zero-order valence-electron chi connectivity index (χ0n) is 15.7. The highest BCUT2D eigenvalue weighted by Crippen LogP contribution is 2.29. The van der Waals surface area contributed by atoms with E-state index in [-0.39, 0.29) is 12.5 Å². The number of rotatable bonds is 5. The van der Waals surface area contributed by atoms with Crippen LogP contribution in [0.2, 0.25) is 0 Å². The highest BCUT2D eigenvalue weighted by atomic mass is 32.1. The Balaban J connectivity index is 1.52. The number of nitrogens with one attached hydrogen (secondary N) is 1. The summed E-state index contributed by atoms with van der Waals surface area (Å²) in [5, 5.41) is 5.82.